The number of allylic oxidation sites excluding steroid dienone is 1. The van der Waals surface area contributed by atoms with E-state index < -0.39 is 5.79 Å². The normalized spacial score (nSPS) is 19.5. The SMILES string of the molecule is C=CC(=O)CCCC1(CC)OCCO1. The molecule has 0 N–H and O–H groups in total. The van der Waals surface area contributed by atoms with E-state index in [1.165, 1.54) is 6.08 Å². The van der Waals surface area contributed by atoms with E-state index in [1.807, 2.05) is 6.92 Å². The van der Waals surface area contributed by atoms with Gasteiger partial charge in [0.1, 0.15) is 0 Å². The van der Waals surface area contributed by atoms with Crippen LogP contribution in [0.1, 0.15) is 32.6 Å². The van der Waals surface area contributed by atoms with Crippen molar-refractivity contribution in [2.45, 2.75) is 38.4 Å². The number of ketones is 1. The highest BCUT2D eigenvalue weighted by Gasteiger charge is 2.33. The molecule has 0 aromatic carbocycles. The second kappa shape index (κ2) is 5.27. The van der Waals surface area contributed by atoms with Crippen LogP contribution in [0.25, 0.3) is 0 Å². The highest BCUT2D eigenvalue weighted by molar-refractivity contribution is 5.88. The van der Waals surface area contributed by atoms with Crippen LogP contribution in [0.15, 0.2) is 12.7 Å². The van der Waals surface area contributed by atoms with Crippen molar-refractivity contribution >= 4 is 5.78 Å². The van der Waals surface area contributed by atoms with E-state index in [1.54, 1.807) is 0 Å². The minimum atomic E-state index is -0.415. The number of rotatable bonds is 6. The molecule has 14 heavy (non-hydrogen) atoms. The quantitative estimate of drug-likeness (QED) is 0.613. The topological polar surface area (TPSA) is 35.5 Å². The Kier molecular flexibility index (Phi) is 4.29. The second-order valence-corrected chi connectivity index (χ2v) is 3.49. The van der Waals surface area contributed by atoms with Crippen LogP contribution in [-0.2, 0) is 14.3 Å². The lowest BCUT2D eigenvalue weighted by Gasteiger charge is -2.25. The van der Waals surface area contributed by atoms with Gasteiger partial charge in [0.2, 0.25) is 0 Å². The Bertz CT molecular complexity index is 205. The molecule has 1 saturated heterocycles. The number of ether oxygens (including phenoxy) is 2. The van der Waals surface area contributed by atoms with E-state index in [0.29, 0.717) is 19.6 Å². The Morgan fingerprint density at radius 3 is 2.64 bits per heavy atom. The van der Waals surface area contributed by atoms with Gasteiger partial charge in [0.05, 0.1) is 13.2 Å². The summed E-state index contributed by atoms with van der Waals surface area (Å²) in [6.07, 6.45) is 4.35. The van der Waals surface area contributed by atoms with E-state index in [0.717, 1.165) is 19.3 Å². The first kappa shape index (κ1) is 11.4. The smallest absolute Gasteiger partial charge is 0.168 e. The molecule has 0 aliphatic carbocycles. The maximum atomic E-state index is 11.0. The fourth-order valence-electron chi connectivity index (χ4n) is 1.66. The van der Waals surface area contributed by atoms with Crippen LogP contribution in [0, 0.1) is 0 Å². The summed E-state index contributed by atoms with van der Waals surface area (Å²) in [5, 5.41) is 0. The average molecular weight is 198 g/mol. The molecule has 80 valence electrons. The van der Waals surface area contributed by atoms with E-state index in [9.17, 15) is 4.79 Å². The average Bonchev–Trinajstić information content (AvgIpc) is 2.67. The minimum Gasteiger partial charge on any atom is -0.348 e. The molecule has 1 rings (SSSR count). The molecule has 0 bridgehead atoms. The van der Waals surface area contributed by atoms with Crippen molar-refractivity contribution in [3.63, 3.8) is 0 Å². The van der Waals surface area contributed by atoms with E-state index in [-0.39, 0.29) is 5.78 Å². The molecular weight excluding hydrogens is 180 g/mol. The lowest BCUT2D eigenvalue weighted by Crippen LogP contribution is -2.29. The number of carbonyl (C=O) groups excluding carboxylic acids is 1. The zero-order chi connectivity index (χ0) is 10.4. The molecule has 0 amide bonds. The first-order valence-electron chi connectivity index (χ1n) is 5.15. The predicted molar refractivity (Wildman–Crippen MR) is 54.0 cm³/mol. The van der Waals surface area contributed by atoms with Gasteiger partial charge < -0.3 is 9.47 Å². The number of hydrogen-bond acceptors (Lipinski definition) is 3. The van der Waals surface area contributed by atoms with Crippen LogP contribution in [0.4, 0.5) is 0 Å². The molecule has 0 spiro atoms. The zero-order valence-electron chi connectivity index (χ0n) is 8.75. The molecule has 1 fully saturated rings. The predicted octanol–water partition coefficient (Wildman–Crippen LogP) is 2.06. The van der Waals surface area contributed by atoms with E-state index >= 15 is 0 Å². The van der Waals surface area contributed by atoms with Crippen molar-refractivity contribution in [1.29, 1.82) is 0 Å². The maximum Gasteiger partial charge on any atom is 0.168 e. The molecule has 0 unspecified atom stereocenters. The van der Waals surface area contributed by atoms with Gasteiger partial charge in [0.25, 0.3) is 0 Å². The summed E-state index contributed by atoms with van der Waals surface area (Å²) in [6.45, 7) is 6.82. The highest BCUT2D eigenvalue weighted by atomic mass is 16.7. The first-order valence-corrected chi connectivity index (χ1v) is 5.15. The molecule has 0 saturated carbocycles. The molecule has 0 aromatic heterocycles. The monoisotopic (exact) mass is 198 g/mol. The molecule has 1 heterocycles. The third-order valence-electron chi connectivity index (χ3n) is 2.56. The van der Waals surface area contributed by atoms with Gasteiger partial charge in [-0.15, -0.1) is 0 Å². The number of carbonyl (C=O) groups is 1. The maximum absolute atomic E-state index is 11.0. The summed E-state index contributed by atoms with van der Waals surface area (Å²) in [7, 11) is 0. The Morgan fingerprint density at radius 2 is 2.14 bits per heavy atom. The van der Waals surface area contributed by atoms with Crippen molar-refractivity contribution in [1.82, 2.24) is 0 Å². The van der Waals surface area contributed by atoms with Crippen LogP contribution in [-0.4, -0.2) is 24.8 Å². The third kappa shape index (κ3) is 2.93. The summed E-state index contributed by atoms with van der Waals surface area (Å²) in [5.74, 6) is -0.323. The molecule has 3 heteroatoms. The molecule has 0 aromatic rings. The van der Waals surface area contributed by atoms with E-state index in [4.69, 9.17) is 9.47 Å². The number of hydrogen-bond donors (Lipinski definition) is 0. The first-order chi connectivity index (χ1) is 6.72. The van der Waals surface area contributed by atoms with Gasteiger partial charge >= 0.3 is 0 Å². The van der Waals surface area contributed by atoms with Crippen molar-refractivity contribution in [2.24, 2.45) is 0 Å². The molecule has 1 aliphatic rings. The molecule has 0 radical (unpaired) electrons. The van der Waals surface area contributed by atoms with Crippen LogP contribution < -0.4 is 0 Å². The summed E-state index contributed by atoms with van der Waals surface area (Å²) in [5.41, 5.74) is 0. The van der Waals surface area contributed by atoms with Gasteiger partial charge in [-0.2, -0.15) is 0 Å². The summed E-state index contributed by atoms with van der Waals surface area (Å²) in [6, 6.07) is 0. The Balaban J connectivity index is 2.27. The van der Waals surface area contributed by atoms with Crippen molar-refractivity contribution in [3.05, 3.63) is 12.7 Å². The van der Waals surface area contributed by atoms with Crippen molar-refractivity contribution < 1.29 is 14.3 Å². The lowest BCUT2D eigenvalue weighted by molar-refractivity contribution is -0.164. The fraction of sp³-hybridized carbons (Fsp3) is 0.727. The largest absolute Gasteiger partial charge is 0.348 e. The van der Waals surface area contributed by atoms with Crippen LogP contribution in [0.2, 0.25) is 0 Å². The van der Waals surface area contributed by atoms with Gasteiger partial charge in [-0.1, -0.05) is 13.5 Å². The van der Waals surface area contributed by atoms with Crippen LogP contribution >= 0.6 is 0 Å². The van der Waals surface area contributed by atoms with Gasteiger partial charge in [0.15, 0.2) is 11.6 Å². The second-order valence-electron chi connectivity index (χ2n) is 3.49. The highest BCUT2D eigenvalue weighted by Crippen LogP contribution is 2.28. The third-order valence-corrected chi connectivity index (χ3v) is 2.56. The van der Waals surface area contributed by atoms with Gasteiger partial charge in [-0.25, -0.2) is 0 Å². The van der Waals surface area contributed by atoms with Crippen molar-refractivity contribution in [2.75, 3.05) is 13.2 Å². The standard InChI is InChI=1S/C11H18O3/c1-3-10(12)6-5-7-11(4-2)13-8-9-14-11/h3H,1,4-9H2,2H3. The van der Waals surface area contributed by atoms with E-state index in [2.05, 4.69) is 6.58 Å². The Hall–Kier alpha value is -0.670. The zero-order valence-corrected chi connectivity index (χ0v) is 8.75. The van der Waals surface area contributed by atoms with Gasteiger partial charge in [0, 0.05) is 12.8 Å². The molecule has 0 atom stereocenters. The molecule has 1 aliphatic heterocycles. The minimum absolute atomic E-state index is 0.0919. The summed E-state index contributed by atoms with van der Waals surface area (Å²) >= 11 is 0. The van der Waals surface area contributed by atoms with Crippen LogP contribution in [0.5, 0.6) is 0 Å². The lowest BCUT2D eigenvalue weighted by atomic mass is 10.0. The molecule has 3 nitrogen and oxygen atoms in total. The van der Waals surface area contributed by atoms with Crippen LogP contribution in [0.3, 0.4) is 0 Å². The van der Waals surface area contributed by atoms with Crippen molar-refractivity contribution in [3.8, 4) is 0 Å². The van der Waals surface area contributed by atoms with Gasteiger partial charge in [-0.05, 0) is 18.9 Å². The Labute approximate surface area is 85.1 Å². The Morgan fingerprint density at radius 1 is 1.50 bits per heavy atom. The molecular formula is C11H18O3. The van der Waals surface area contributed by atoms with Gasteiger partial charge in [-0.3, -0.25) is 4.79 Å². The summed E-state index contributed by atoms with van der Waals surface area (Å²) in [4.78, 5) is 11.0. The summed E-state index contributed by atoms with van der Waals surface area (Å²) < 4.78 is 11.1. The fourth-order valence-corrected chi connectivity index (χ4v) is 1.66.